The minimum atomic E-state index is -4.09. The van der Waals surface area contributed by atoms with Crippen LogP contribution < -0.4 is 4.90 Å². The molecule has 0 saturated carbocycles. The molecule has 2 amide bonds. The number of anilines is 1. The fourth-order valence-corrected chi connectivity index (χ4v) is 5.61. The van der Waals surface area contributed by atoms with Gasteiger partial charge in [-0.2, -0.15) is 4.31 Å². The van der Waals surface area contributed by atoms with Crippen LogP contribution in [0.4, 0.5) is 5.69 Å². The number of rotatable bonds is 7. The van der Waals surface area contributed by atoms with E-state index in [9.17, 15) is 18.0 Å². The molecule has 0 aliphatic carbocycles. The molecule has 0 aromatic heterocycles. The molecule has 1 fully saturated rings. The van der Waals surface area contributed by atoms with Crippen molar-refractivity contribution in [2.45, 2.75) is 23.8 Å². The first-order valence-corrected chi connectivity index (χ1v) is 12.4. The SMILES string of the molecule is O=C1CC(N(CCc2ccccc2)S(=O)(=O)c2ccc(Cl)cc2)C(=O)N1c1ccc(Cl)cc1. The van der Waals surface area contributed by atoms with Crippen LogP contribution in [0.25, 0.3) is 0 Å². The number of halogens is 2. The number of carbonyl (C=O) groups excluding carboxylic acids is 2. The lowest BCUT2D eigenvalue weighted by Gasteiger charge is -2.27. The average Bonchev–Trinajstić information content (AvgIpc) is 3.09. The molecule has 6 nitrogen and oxygen atoms in total. The van der Waals surface area contributed by atoms with Crippen LogP contribution in [0, 0.1) is 0 Å². The van der Waals surface area contributed by atoms with E-state index in [1.165, 1.54) is 24.3 Å². The van der Waals surface area contributed by atoms with E-state index in [0.29, 0.717) is 22.2 Å². The molecule has 1 atom stereocenters. The number of amides is 2. The van der Waals surface area contributed by atoms with Crippen molar-refractivity contribution in [3.8, 4) is 0 Å². The van der Waals surface area contributed by atoms with Crippen LogP contribution >= 0.6 is 23.2 Å². The third kappa shape index (κ3) is 4.96. The fraction of sp³-hybridized carbons (Fsp3) is 0.167. The highest BCUT2D eigenvalue weighted by molar-refractivity contribution is 7.89. The Hall–Kier alpha value is -2.71. The number of sulfonamides is 1. The maximum Gasteiger partial charge on any atom is 0.252 e. The molecule has 170 valence electrons. The Labute approximate surface area is 202 Å². The summed E-state index contributed by atoms with van der Waals surface area (Å²) in [6.07, 6.45) is 0.135. The summed E-state index contributed by atoms with van der Waals surface area (Å²) < 4.78 is 28.3. The minimum absolute atomic E-state index is 0.00477. The molecule has 0 N–H and O–H groups in total. The van der Waals surface area contributed by atoms with Crippen molar-refractivity contribution in [1.29, 1.82) is 0 Å². The molecule has 9 heteroatoms. The quantitative estimate of drug-likeness (QED) is 0.443. The summed E-state index contributed by atoms with van der Waals surface area (Å²) in [6.45, 7) is 0.0348. The van der Waals surface area contributed by atoms with Gasteiger partial charge in [-0.1, -0.05) is 53.5 Å². The van der Waals surface area contributed by atoms with Gasteiger partial charge in [0.15, 0.2) is 0 Å². The van der Waals surface area contributed by atoms with E-state index in [1.54, 1.807) is 24.3 Å². The molecule has 0 radical (unpaired) electrons. The van der Waals surface area contributed by atoms with Gasteiger partial charge < -0.3 is 0 Å². The van der Waals surface area contributed by atoms with Crippen LogP contribution in [0.5, 0.6) is 0 Å². The summed E-state index contributed by atoms with van der Waals surface area (Å²) in [6, 6.07) is 20.2. The van der Waals surface area contributed by atoms with Gasteiger partial charge in [-0.25, -0.2) is 13.3 Å². The highest BCUT2D eigenvalue weighted by Crippen LogP contribution is 2.30. The molecule has 1 aliphatic rings. The standard InChI is InChI=1S/C24H20Cl2N2O4S/c25-18-6-10-20(11-7-18)28-23(29)16-22(24(28)30)27(15-14-17-4-2-1-3-5-17)33(31,32)21-12-8-19(26)9-13-21/h1-13,22H,14-16H2. The molecule has 1 unspecified atom stereocenters. The van der Waals surface area contributed by atoms with Gasteiger partial charge in [0, 0.05) is 16.6 Å². The zero-order chi connectivity index (χ0) is 23.6. The van der Waals surface area contributed by atoms with Gasteiger partial charge in [-0.05, 0) is 60.5 Å². The lowest BCUT2D eigenvalue weighted by Crippen LogP contribution is -2.46. The lowest BCUT2D eigenvalue weighted by molar-refractivity contribution is -0.122. The van der Waals surface area contributed by atoms with E-state index >= 15 is 0 Å². The van der Waals surface area contributed by atoms with Crippen molar-refractivity contribution < 1.29 is 18.0 Å². The highest BCUT2D eigenvalue weighted by Gasteiger charge is 2.46. The van der Waals surface area contributed by atoms with Crippen molar-refractivity contribution in [1.82, 2.24) is 4.31 Å². The summed E-state index contributed by atoms with van der Waals surface area (Å²) in [5.74, 6) is -1.06. The Morgan fingerprint density at radius 3 is 2.03 bits per heavy atom. The first kappa shape index (κ1) is 23.4. The molecule has 1 heterocycles. The first-order chi connectivity index (χ1) is 15.8. The lowest BCUT2D eigenvalue weighted by atomic mass is 10.1. The van der Waals surface area contributed by atoms with Gasteiger partial charge in [-0.3, -0.25) is 9.59 Å². The second-order valence-corrected chi connectivity index (χ2v) is 10.3. The number of hydrogen-bond acceptors (Lipinski definition) is 4. The number of nitrogens with zero attached hydrogens (tertiary/aromatic N) is 2. The zero-order valence-corrected chi connectivity index (χ0v) is 19.7. The van der Waals surface area contributed by atoms with Crippen LogP contribution in [-0.2, 0) is 26.0 Å². The predicted molar refractivity (Wildman–Crippen MR) is 128 cm³/mol. The molecule has 0 spiro atoms. The van der Waals surface area contributed by atoms with E-state index in [0.717, 1.165) is 14.8 Å². The predicted octanol–water partition coefficient (Wildman–Crippen LogP) is 4.56. The Balaban J connectivity index is 1.69. The summed E-state index contributed by atoms with van der Waals surface area (Å²) in [5, 5.41) is 0.856. The number of benzene rings is 3. The van der Waals surface area contributed by atoms with Crippen molar-refractivity contribution >= 4 is 50.7 Å². The first-order valence-electron chi connectivity index (χ1n) is 10.2. The van der Waals surface area contributed by atoms with Crippen LogP contribution in [-0.4, -0.2) is 37.1 Å². The smallest absolute Gasteiger partial charge is 0.252 e. The van der Waals surface area contributed by atoms with E-state index in [-0.39, 0.29) is 17.9 Å². The fourth-order valence-electron chi connectivity index (χ4n) is 3.77. The summed E-state index contributed by atoms with van der Waals surface area (Å²) in [7, 11) is -4.09. The topological polar surface area (TPSA) is 74.8 Å². The van der Waals surface area contributed by atoms with Crippen molar-refractivity contribution in [3.63, 3.8) is 0 Å². The van der Waals surface area contributed by atoms with Crippen LogP contribution in [0.1, 0.15) is 12.0 Å². The van der Waals surface area contributed by atoms with Crippen LogP contribution in [0.2, 0.25) is 10.0 Å². The summed E-state index contributed by atoms with van der Waals surface area (Å²) >= 11 is 11.8. The van der Waals surface area contributed by atoms with Gasteiger partial charge in [0.25, 0.3) is 5.91 Å². The van der Waals surface area contributed by atoms with E-state index in [4.69, 9.17) is 23.2 Å². The second-order valence-electron chi connectivity index (χ2n) is 7.57. The Morgan fingerprint density at radius 1 is 0.848 bits per heavy atom. The van der Waals surface area contributed by atoms with Crippen LogP contribution in [0.15, 0.2) is 83.8 Å². The molecule has 1 saturated heterocycles. The molecular weight excluding hydrogens is 483 g/mol. The number of imide groups is 1. The van der Waals surface area contributed by atoms with Crippen LogP contribution in [0.3, 0.4) is 0 Å². The highest BCUT2D eigenvalue weighted by atomic mass is 35.5. The zero-order valence-electron chi connectivity index (χ0n) is 17.4. The largest absolute Gasteiger partial charge is 0.274 e. The van der Waals surface area contributed by atoms with Crippen molar-refractivity contribution in [2.24, 2.45) is 0 Å². The maximum atomic E-state index is 13.6. The number of carbonyl (C=O) groups is 2. The van der Waals surface area contributed by atoms with Gasteiger partial charge in [0.2, 0.25) is 15.9 Å². The van der Waals surface area contributed by atoms with Crippen molar-refractivity contribution in [3.05, 3.63) is 94.5 Å². The molecule has 1 aliphatic heterocycles. The number of hydrogen-bond donors (Lipinski definition) is 0. The molecule has 3 aromatic carbocycles. The Bertz CT molecular complexity index is 1260. The normalized spacial score (nSPS) is 16.6. The van der Waals surface area contributed by atoms with Gasteiger partial charge >= 0.3 is 0 Å². The van der Waals surface area contributed by atoms with Crippen molar-refractivity contribution in [2.75, 3.05) is 11.4 Å². The molecule has 3 aromatic rings. The summed E-state index contributed by atoms with van der Waals surface area (Å²) in [5.41, 5.74) is 1.27. The third-order valence-corrected chi connectivity index (χ3v) is 7.87. The monoisotopic (exact) mass is 502 g/mol. The Morgan fingerprint density at radius 2 is 1.42 bits per heavy atom. The summed E-state index contributed by atoms with van der Waals surface area (Å²) in [4.78, 5) is 27.2. The second kappa shape index (κ2) is 9.65. The molecule has 0 bridgehead atoms. The van der Waals surface area contributed by atoms with Gasteiger partial charge in [0.05, 0.1) is 17.0 Å². The van der Waals surface area contributed by atoms with Gasteiger partial charge in [-0.15, -0.1) is 0 Å². The minimum Gasteiger partial charge on any atom is -0.274 e. The Kier molecular flexibility index (Phi) is 6.86. The molecule has 4 rings (SSSR count). The maximum absolute atomic E-state index is 13.6. The molecule has 33 heavy (non-hydrogen) atoms. The van der Waals surface area contributed by atoms with E-state index < -0.39 is 27.9 Å². The third-order valence-electron chi connectivity index (χ3n) is 5.44. The van der Waals surface area contributed by atoms with Gasteiger partial charge in [0.1, 0.15) is 6.04 Å². The average molecular weight is 503 g/mol. The van der Waals surface area contributed by atoms with E-state index in [1.807, 2.05) is 30.3 Å². The molecular formula is C24H20Cl2N2O4S. The van der Waals surface area contributed by atoms with E-state index in [2.05, 4.69) is 0 Å².